The Morgan fingerprint density at radius 1 is 1.36 bits per heavy atom. The molecule has 0 bridgehead atoms. The molecule has 1 N–H and O–H groups in total. The zero-order chi connectivity index (χ0) is 17.2. The Morgan fingerprint density at radius 3 is 3.16 bits per heavy atom. The number of amides is 1. The van der Waals surface area contributed by atoms with Crippen LogP contribution in [0.2, 0.25) is 0 Å². The number of nitrogens with zero attached hydrogens (tertiary/aromatic N) is 2. The van der Waals surface area contributed by atoms with E-state index in [0.29, 0.717) is 30.0 Å². The number of imidazole rings is 1. The number of ether oxygens (including phenoxy) is 1. The minimum atomic E-state index is -0.330. The van der Waals surface area contributed by atoms with Crippen molar-refractivity contribution in [1.29, 1.82) is 0 Å². The van der Waals surface area contributed by atoms with Gasteiger partial charge in [-0.2, -0.15) is 0 Å². The van der Waals surface area contributed by atoms with Gasteiger partial charge in [-0.05, 0) is 43.2 Å². The Hall–Kier alpha value is -2.89. The van der Waals surface area contributed by atoms with Gasteiger partial charge in [-0.25, -0.2) is 9.37 Å². The van der Waals surface area contributed by atoms with Crippen molar-refractivity contribution >= 4 is 11.6 Å². The second kappa shape index (κ2) is 6.55. The molecule has 0 aliphatic carbocycles. The van der Waals surface area contributed by atoms with Gasteiger partial charge >= 0.3 is 0 Å². The topological polar surface area (TPSA) is 55.6 Å². The molecule has 128 valence electrons. The van der Waals surface area contributed by atoms with Crippen LogP contribution in [-0.2, 0) is 11.2 Å². The standard InChI is InChI=1S/C19H18FN3O2/c20-13-6-7-17-15(10-13)16(4-3-9-25-17)22-19(24)11-14-12-23-8-2-1-5-18(23)21-14/h1-2,5-8,10,12,16H,3-4,9,11H2,(H,22,24)/t16-/m1/s1. The Balaban J connectivity index is 1.51. The van der Waals surface area contributed by atoms with Gasteiger partial charge < -0.3 is 14.5 Å². The summed E-state index contributed by atoms with van der Waals surface area (Å²) in [7, 11) is 0. The Bertz CT molecular complexity index is 889. The first-order valence-electron chi connectivity index (χ1n) is 8.33. The summed E-state index contributed by atoms with van der Waals surface area (Å²) in [5.41, 5.74) is 2.20. The van der Waals surface area contributed by atoms with E-state index in [1.165, 1.54) is 12.1 Å². The van der Waals surface area contributed by atoms with Gasteiger partial charge in [-0.1, -0.05) is 6.07 Å². The second-order valence-electron chi connectivity index (χ2n) is 6.17. The molecule has 1 amide bonds. The minimum Gasteiger partial charge on any atom is -0.493 e. The van der Waals surface area contributed by atoms with Crippen molar-refractivity contribution in [3.8, 4) is 5.75 Å². The number of nitrogens with one attached hydrogen (secondary N) is 1. The van der Waals surface area contributed by atoms with Gasteiger partial charge in [0.15, 0.2) is 0 Å². The van der Waals surface area contributed by atoms with Crippen LogP contribution in [0.1, 0.15) is 30.1 Å². The average Bonchev–Trinajstić information content (AvgIpc) is 2.90. The molecule has 4 rings (SSSR count). The summed E-state index contributed by atoms with van der Waals surface area (Å²) in [5.74, 6) is 0.172. The SMILES string of the molecule is O=C(Cc1cn2ccccc2n1)N[C@@H]1CCCOc2ccc(F)cc21. The number of carbonyl (C=O) groups excluding carboxylic acids is 1. The van der Waals surface area contributed by atoms with E-state index in [1.807, 2.05) is 35.0 Å². The molecule has 2 aromatic heterocycles. The number of hydrogen-bond acceptors (Lipinski definition) is 3. The monoisotopic (exact) mass is 339 g/mol. The van der Waals surface area contributed by atoms with Gasteiger partial charge in [0.2, 0.25) is 5.91 Å². The van der Waals surface area contributed by atoms with Gasteiger partial charge in [0, 0.05) is 18.0 Å². The second-order valence-corrected chi connectivity index (χ2v) is 6.17. The predicted molar refractivity (Wildman–Crippen MR) is 90.9 cm³/mol. The molecule has 1 atom stereocenters. The van der Waals surface area contributed by atoms with E-state index in [-0.39, 0.29) is 24.2 Å². The highest BCUT2D eigenvalue weighted by Crippen LogP contribution is 2.32. The van der Waals surface area contributed by atoms with Crippen molar-refractivity contribution in [2.24, 2.45) is 0 Å². The van der Waals surface area contributed by atoms with E-state index in [1.54, 1.807) is 6.07 Å². The Morgan fingerprint density at radius 2 is 2.28 bits per heavy atom. The minimum absolute atomic E-state index is 0.134. The largest absolute Gasteiger partial charge is 0.493 e. The fraction of sp³-hybridized carbons (Fsp3) is 0.263. The van der Waals surface area contributed by atoms with Crippen LogP contribution >= 0.6 is 0 Å². The summed E-state index contributed by atoms with van der Waals surface area (Å²) < 4.78 is 21.1. The molecule has 0 saturated heterocycles. The van der Waals surface area contributed by atoms with Crippen molar-refractivity contribution in [2.75, 3.05) is 6.61 Å². The van der Waals surface area contributed by atoms with E-state index in [4.69, 9.17) is 4.74 Å². The van der Waals surface area contributed by atoms with Gasteiger partial charge in [0.1, 0.15) is 17.2 Å². The number of hydrogen-bond donors (Lipinski definition) is 1. The molecule has 5 nitrogen and oxygen atoms in total. The van der Waals surface area contributed by atoms with Gasteiger partial charge in [0.05, 0.1) is 24.8 Å². The Labute approximate surface area is 144 Å². The summed E-state index contributed by atoms with van der Waals surface area (Å²) >= 11 is 0. The average molecular weight is 339 g/mol. The molecule has 0 unspecified atom stereocenters. The lowest BCUT2D eigenvalue weighted by Crippen LogP contribution is -2.29. The number of pyridine rings is 1. The highest BCUT2D eigenvalue weighted by atomic mass is 19.1. The molecule has 0 spiro atoms. The van der Waals surface area contributed by atoms with Crippen LogP contribution in [0.5, 0.6) is 5.75 Å². The molecule has 0 saturated carbocycles. The number of benzene rings is 1. The lowest BCUT2D eigenvalue weighted by Gasteiger charge is -2.18. The fourth-order valence-electron chi connectivity index (χ4n) is 3.18. The summed E-state index contributed by atoms with van der Waals surface area (Å²) in [6, 6.07) is 9.90. The van der Waals surface area contributed by atoms with Crippen LogP contribution in [0.3, 0.4) is 0 Å². The van der Waals surface area contributed by atoms with E-state index < -0.39 is 0 Å². The molecule has 3 aromatic rings. The van der Waals surface area contributed by atoms with Crippen molar-refractivity contribution in [3.05, 3.63) is 65.9 Å². The third kappa shape index (κ3) is 3.33. The number of fused-ring (bicyclic) bond motifs is 2. The van der Waals surface area contributed by atoms with Crippen LogP contribution in [0.25, 0.3) is 5.65 Å². The lowest BCUT2D eigenvalue weighted by molar-refractivity contribution is -0.121. The summed E-state index contributed by atoms with van der Waals surface area (Å²) in [4.78, 5) is 16.9. The van der Waals surface area contributed by atoms with Crippen LogP contribution < -0.4 is 10.1 Å². The van der Waals surface area contributed by atoms with Crippen LogP contribution in [-0.4, -0.2) is 21.9 Å². The smallest absolute Gasteiger partial charge is 0.226 e. The van der Waals surface area contributed by atoms with Crippen LogP contribution in [0, 0.1) is 5.82 Å². The maximum Gasteiger partial charge on any atom is 0.226 e. The highest BCUT2D eigenvalue weighted by Gasteiger charge is 2.22. The molecular formula is C19H18FN3O2. The summed E-state index contributed by atoms with van der Waals surface area (Å²) in [5, 5.41) is 3.00. The predicted octanol–water partition coefficient (Wildman–Crippen LogP) is 3.05. The molecule has 1 aromatic carbocycles. The zero-order valence-electron chi connectivity index (χ0n) is 13.6. The van der Waals surface area contributed by atoms with Crippen LogP contribution in [0.4, 0.5) is 4.39 Å². The van der Waals surface area contributed by atoms with E-state index in [9.17, 15) is 9.18 Å². The maximum atomic E-state index is 13.6. The number of rotatable bonds is 3. The Kier molecular flexibility index (Phi) is 4.09. The highest BCUT2D eigenvalue weighted by molar-refractivity contribution is 5.79. The van der Waals surface area contributed by atoms with Crippen molar-refractivity contribution in [1.82, 2.24) is 14.7 Å². The quantitative estimate of drug-likeness (QED) is 0.798. The van der Waals surface area contributed by atoms with Crippen molar-refractivity contribution in [3.63, 3.8) is 0 Å². The normalized spacial score (nSPS) is 16.8. The van der Waals surface area contributed by atoms with E-state index in [2.05, 4.69) is 10.3 Å². The molecule has 3 heterocycles. The maximum absolute atomic E-state index is 13.6. The lowest BCUT2D eigenvalue weighted by atomic mass is 10.0. The summed E-state index contributed by atoms with van der Waals surface area (Å²) in [6.45, 7) is 0.567. The molecule has 25 heavy (non-hydrogen) atoms. The number of aromatic nitrogens is 2. The van der Waals surface area contributed by atoms with E-state index in [0.717, 1.165) is 12.1 Å². The first kappa shape index (κ1) is 15.6. The van der Waals surface area contributed by atoms with Gasteiger partial charge in [0.25, 0.3) is 0 Å². The number of carbonyl (C=O) groups is 1. The summed E-state index contributed by atoms with van der Waals surface area (Å²) in [6.07, 6.45) is 5.44. The first-order chi connectivity index (χ1) is 12.2. The fourth-order valence-corrected chi connectivity index (χ4v) is 3.18. The van der Waals surface area contributed by atoms with E-state index >= 15 is 0 Å². The molecule has 1 aliphatic heterocycles. The molecule has 6 heteroatoms. The van der Waals surface area contributed by atoms with Gasteiger partial charge in [-0.15, -0.1) is 0 Å². The first-order valence-corrected chi connectivity index (χ1v) is 8.33. The third-order valence-electron chi connectivity index (χ3n) is 4.33. The van der Waals surface area contributed by atoms with Crippen LogP contribution in [0.15, 0.2) is 48.8 Å². The third-order valence-corrected chi connectivity index (χ3v) is 4.33. The zero-order valence-corrected chi connectivity index (χ0v) is 13.6. The number of halogens is 1. The molecule has 1 aliphatic rings. The molecular weight excluding hydrogens is 321 g/mol. The molecule has 0 radical (unpaired) electrons. The van der Waals surface area contributed by atoms with Crippen molar-refractivity contribution in [2.45, 2.75) is 25.3 Å². The van der Waals surface area contributed by atoms with Gasteiger partial charge in [-0.3, -0.25) is 4.79 Å². The van der Waals surface area contributed by atoms with Crippen molar-refractivity contribution < 1.29 is 13.9 Å². The molecule has 0 fully saturated rings.